The molecule has 0 aromatic heterocycles. The van der Waals surface area contributed by atoms with Crippen LogP contribution in [0.25, 0.3) is 0 Å². The molecule has 2 saturated heterocycles. The molecule has 14 heteroatoms. The van der Waals surface area contributed by atoms with Gasteiger partial charge in [0, 0.05) is 6.42 Å². The lowest BCUT2D eigenvalue weighted by Gasteiger charge is -2.46. The van der Waals surface area contributed by atoms with Gasteiger partial charge in [-0.25, -0.2) is 0 Å². The van der Waals surface area contributed by atoms with Gasteiger partial charge in [-0.2, -0.15) is 0 Å². The highest BCUT2D eigenvalue weighted by molar-refractivity contribution is 5.76. The van der Waals surface area contributed by atoms with Crippen molar-refractivity contribution < 1.29 is 64.6 Å². The number of unbranched alkanes of at least 4 members (excludes halogenated alkanes) is 46. The summed E-state index contributed by atoms with van der Waals surface area (Å²) in [7, 11) is 0. The molecule has 0 saturated carbocycles. The lowest BCUT2D eigenvalue weighted by molar-refractivity contribution is -0.359. The summed E-state index contributed by atoms with van der Waals surface area (Å²) in [5, 5.41) is 87.4. The summed E-state index contributed by atoms with van der Waals surface area (Å²) in [6.45, 7) is 2.83. The highest BCUT2D eigenvalue weighted by Gasteiger charge is 2.51. The highest BCUT2D eigenvalue weighted by Crippen LogP contribution is 2.30. The molecule has 1 amide bonds. The van der Waals surface area contributed by atoms with Gasteiger partial charge in [0.2, 0.25) is 5.91 Å². The number of aliphatic hydroxyl groups excluding tert-OH is 8. The number of carbonyl (C=O) groups excluding carboxylic acids is 1. The molecule has 2 aliphatic heterocycles. The van der Waals surface area contributed by atoms with Crippen LogP contribution in [0.1, 0.15) is 341 Å². The molecule has 0 aliphatic carbocycles. The van der Waals surface area contributed by atoms with Crippen molar-refractivity contribution in [1.82, 2.24) is 5.32 Å². The van der Waals surface area contributed by atoms with Crippen molar-refractivity contribution in [3.63, 3.8) is 0 Å². The predicted octanol–water partition coefficient (Wildman–Crippen LogP) is 16.1. The lowest BCUT2D eigenvalue weighted by atomic mass is 9.97. The van der Waals surface area contributed by atoms with E-state index in [2.05, 4.69) is 43.5 Å². The van der Waals surface area contributed by atoms with Crippen LogP contribution in [-0.2, 0) is 23.7 Å². The van der Waals surface area contributed by atoms with Crippen molar-refractivity contribution in [3.05, 3.63) is 36.5 Å². The zero-order chi connectivity index (χ0) is 64.5. The van der Waals surface area contributed by atoms with Crippen LogP contribution in [0.2, 0.25) is 0 Å². The smallest absolute Gasteiger partial charge is 0.220 e. The zero-order valence-corrected chi connectivity index (χ0v) is 57.2. The van der Waals surface area contributed by atoms with Gasteiger partial charge in [0.05, 0.1) is 32.0 Å². The van der Waals surface area contributed by atoms with Crippen LogP contribution in [-0.4, -0.2) is 140 Å². The first-order valence-electron chi connectivity index (χ1n) is 37.7. The molecule has 0 aromatic carbocycles. The lowest BCUT2D eigenvalue weighted by Crippen LogP contribution is -2.65. The van der Waals surface area contributed by atoms with Gasteiger partial charge in [-0.15, -0.1) is 0 Å². The van der Waals surface area contributed by atoms with Gasteiger partial charge in [0.1, 0.15) is 48.8 Å². The Bertz CT molecular complexity index is 1630. The molecule has 0 radical (unpaired) electrons. The average Bonchev–Trinajstić information content (AvgIpc) is 2.55. The Morgan fingerprint density at radius 3 is 1.12 bits per heavy atom. The van der Waals surface area contributed by atoms with E-state index in [4.69, 9.17) is 18.9 Å². The maximum Gasteiger partial charge on any atom is 0.220 e. The molecule has 12 atom stereocenters. The van der Waals surface area contributed by atoms with Gasteiger partial charge in [-0.3, -0.25) is 4.79 Å². The van der Waals surface area contributed by atoms with E-state index < -0.39 is 86.8 Å². The van der Waals surface area contributed by atoms with Crippen molar-refractivity contribution in [2.24, 2.45) is 0 Å². The zero-order valence-electron chi connectivity index (χ0n) is 57.2. The fraction of sp³-hybridized carbons (Fsp3) is 0.907. The summed E-state index contributed by atoms with van der Waals surface area (Å²) >= 11 is 0. The highest BCUT2D eigenvalue weighted by atomic mass is 16.7. The van der Waals surface area contributed by atoms with Crippen LogP contribution in [0.4, 0.5) is 0 Å². The normalized spacial score (nSPS) is 23.2. The molecule has 12 unspecified atom stereocenters. The Kier molecular flexibility index (Phi) is 56.1. The minimum atomic E-state index is -1.79. The van der Waals surface area contributed by atoms with Gasteiger partial charge in [-0.1, -0.05) is 320 Å². The third-order valence-electron chi connectivity index (χ3n) is 18.6. The molecule has 2 fully saturated rings. The largest absolute Gasteiger partial charge is 0.394 e. The summed E-state index contributed by atoms with van der Waals surface area (Å²) < 4.78 is 22.9. The molecule has 89 heavy (non-hydrogen) atoms. The standard InChI is InChI=1S/C75H141NO13/c1-3-5-7-9-11-13-15-17-19-21-22-23-24-25-26-27-28-29-30-31-32-33-34-35-36-37-38-39-40-41-42-43-45-47-49-51-53-55-57-59-67(80)76-63(64(79)58-56-54-52-50-48-46-44-20-18-16-14-12-10-8-6-4-2)62-86-74-72(85)70(83)73(66(61-78)88-74)89-75-71(84)69(82)68(81)65(60-77)87-75/h15,17,21-22,56,58,63-66,68-75,77-79,81-85H,3-14,16,18-20,23-55,57,59-62H2,1-2H3,(H,76,80)/b17-15-,22-21-,58-56+. The number of hydrogen-bond donors (Lipinski definition) is 9. The molecule has 14 nitrogen and oxygen atoms in total. The Balaban J connectivity index is 1.55. The first-order valence-corrected chi connectivity index (χ1v) is 37.7. The van der Waals surface area contributed by atoms with Gasteiger partial charge in [0.15, 0.2) is 12.6 Å². The summed E-state index contributed by atoms with van der Waals surface area (Å²) in [4.78, 5) is 13.3. The van der Waals surface area contributed by atoms with Gasteiger partial charge >= 0.3 is 0 Å². The van der Waals surface area contributed by atoms with Crippen molar-refractivity contribution >= 4 is 5.91 Å². The van der Waals surface area contributed by atoms with Crippen molar-refractivity contribution in [3.8, 4) is 0 Å². The SMILES string of the molecule is CCCCCCC/C=C\C/C=C\CCCCCCCCCCCCCCCCCCCCCCCCCCCCCC(=O)NC(COC1OC(CO)C(OC2OC(CO)C(O)C(O)C2O)C(O)C1O)C(O)/C=C/CCCCCCCCCCCCCCCC. The Labute approximate surface area is 544 Å². The Morgan fingerprint density at radius 2 is 0.742 bits per heavy atom. The Morgan fingerprint density at radius 1 is 0.404 bits per heavy atom. The van der Waals surface area contributed by atoms with Crippen molar-refractivity contribution in [2.45, 2.75) is 415 Å². The van der Waals surface area contributed by atoms with Crippen molar-refractivity contribution in [2.75, 3.05) is 19.8 Å². The minimum Gasteiger partial charge on any atom is -0.394 e. The maximum atomic E-state index is 13.3. The molecular weight excluding hydrogens is 1120 g/mol. The quantitative estimate of drug-likeness (QED) is 0.0204. The van der Waals surface area contributed by atoms with Crippen LogP contribution in [0.5, 0.6) is 0 Å². The number of carbonyl (C=O) groups is 1. The van der Waals surface area contributed by atoms with Gasteiger partial charge < -0.3 is 65.1 Å². The molecule has 0 bridgehead atoms. The van der Waals surface area contributed by atoms with E-state index in [-0.39, 0.29) is 18.9 Å². The average molecular weight is 1260 g/mol. The summed E-state index contributed by atoms with van der Waals surface area (Å²) in [6.07, 6.45) is 60.9. The maximum absolute atomic E-state index is 13.3. The minimum absolute atomic E-state index is 0.232. The van der Waals surface area contributed by atoms with E-state index in [1.54, 1.807) is 6.08 Å². The molecule has 2 aliphatic rings. The number of rotatable bonds is 63. The van der Waals surface area contributed by atoms with Crippen LogP contribution in [0.3, 0.4) is 0 Å². The third kappa shape index (κ3) is 43.7. The topological polar surface area (TPSA) is 228 Å². The number of amides is 1. The second-order valence-electron chi connectivity index (χ2n) is 26.8. The van der Waals surface area contributed by atoms with E-state index in [1.165, 1.54) is 270 Å². The van der Waals surface area contributed by atoms with Crippen LogP contribution in [0.15, 0.2) is 36.5 Å². The van der Waals surface area contributed by atoms with E-state index in [0.717, 1.165) is 44.9 Å². The van der Waals surface area contributed by atoms with E-state index in [0.29, 0.717) is 6.42 Å². The van der Waals surface area contributed by atoms with Gasteiger partial charge in [0.25, 0.3) is 0 Å². The van der Waals surface area contributed by atoms with Crippen LogP contribution in [0, 0.1) is 0 Å². The summed E-state index contributed by atoms with van der Waals surface area (Å²) in [6, 6.07) is -0.912. The number of aliphatic hydroxyl groups is 8. The van der Waals surface area contributed by atoms with E-state index in [9.17, 15) is 45.6 Å². The summed E-state index contributed by atoms with van der Waals surface area (Å²) in [5.74, 6) is -0.232. The van der Waals surface area contributed by atoms with Gasteiger partial charge in [-0.05, 0) is 51.4 Å². The monoisotopic (exact) mass is 1260 g/mol. The van der Waals surface area contributed by atoms with Crippen LogP contribution < -0.4 is 5.32 Å². The summed E-state index contributed by atoms with van der Waals surface area (Å²) in [5.41, 5.74) is 0. The second-order valence-corrected chi connectivity index (χ2v) is 26.8. The molecule has 0 spiro atoms. The molecule has 2 heterocycles. The first-order chi connectivity index (χ1) is 43.6. The first kappa shape index (κ1) is 83.3. The number of allylic oxidation sites excluding steroid dienone is 5. The Hall–Kier alpha value is -1.79. The molecule has 0 aromatic rings. The number of nitrogens with one attached hydrogen (secondary N) is 1. The molecule has 9 N–H and O–H groups in total. The predicted molar refractivity (Wildman–Crippen MR) is 365 cm³/mol. The van der Waals surface area contributed by atoms with E-state index in [1.807, 2.05) is 6.08 Å². The molecular formula is C75H141NO13. The molecule has 524 valence electrons. The number of ether oxygens (including phenoxy) is 4. The fourth-order valence-electron chi connectivity index (χ4n) is 12.6. The van der Waals surface area contributed by atoms with Crippen molar-refractivity contribution in [1.29, 1.82) is 0 Å². The van der Waals surface area contributed by atoms with Crippen LogP contribution >= 0.6 is 0 Å². The molecule has 2 rings (SSSR count). The van der Waals surface area contributed by atoms with E-state index >= 15 is 0 Å². The third-order valence-corrected chi connectivity index (χ3v) is 18.6. The fourth-order valence-corrected chi connectivity index (χ4v) is 12.6. The second kappa shape index (κ2) is 59.9. The number of hydrogen-bond acceptors (Lipinski definition) is 13.